The van der Waals surface area contributed by atoms with E-state index < -0.39 is 11.5 Å². The number of methoxy groups -OCH3 is 1. The van der Waals surface area contributed by atoms with Crippen LogP contribution in [0.2, 0.25) is 0 Å². The second-order valence-electron chi connectivity index (χ2n) is 3.91. The van der Waals surface area contributed by atoms with Crippen molar-refractivity contribution in [2.75, 3.05) is 7.11 Å². The normalized spacial score (nSPS) is 13.2. The van der Waals surface area contributed by atoms with Gasteiger partial charge in [0.15, 0.2) is 5.76 Å². The first-order valence-electron chi connectivity index (χ1n) is 5.16. The number of pyridine rings is 1. The van der Waals surface area contributed by atoms with Gasteiger partial charge in [-0.3, -0.25) is 9.36 Å². The maximum absolute atomic E-state index is 12.0. The number of esters is 1. The van der Waals surface area contributed by atoms with Gasteiger partial charge in [-0.25, -0.2) is 4.79 Å². The molecule has 0 fully saturated rings. The van der Waals surface area contributed by atoms with E-state index >= 15 is 0 Å². The first kappa shape index (κ1) is 11.9. The van der Waals surface area contributed by atoms with Gasteiger partial charge in [0.25, 0.3) is 5.56 Å². The molecule has 92 valence electrons. The topological polar surface area (TPSA) is 92.3 Å². The lowest BCUT2D eigenvalue weighted by molar-refractivity contribution is -0.136. The van der Waals surface area contributed by atoms with Crippen molar-refractivity contribution in [3.8, 4) is 6.07 Å². The maximum Gasteiger partial charge on any atom is 0.339 e. The molecule has 0 radical (unpaired) electrons. The third-order valence-corrected chi connectivity index (χ3v) is 2.89. The summed E-state index contributed by atoms with van der Waals surface area (Å²) in [6, 6.07) is 3.32. The monoisotopic (exact) mass is 246 g/mol. The highest BCUT2D eigenvalue weighted by Gasteiger charge is 2.29. The van der Waals surface area contributed by atoms with Crippen LogP contribution >= 0.6 is 0 Å². The molecule has 1 aromatic rings. The minimum absolute atomic E-state index is 0.0117. The Bertz CT molecular complexity index is 677. The summed E-state index contributed by atoms with van der Waals surface area (Å²) < 4.78 is 5.71. The number of carbonyl (C=O) groups is 1. The lowest BCUT2D eigenvalue weighted by Crippen LogP contribution is -2.24. The van der Waals surface area contributed by atoms with Crippen LogP contribution in [0.4, 0.5) is 0 Å². The van der Waals surface area contributed by atoms with Gasteiger partial charge in [-0.2, -0.15) is 5.26 Å². The molecule has 1 aliphatic heterocycles. The van der Waals surface area contributed by atoms with Crippen molar-refractivity contribution in [3.63, 3.8) is 0 Å². The number of fused-ring (bicyclic) bond motifs is 1. The van der Waals surface area contributed by atoms with E-state index in [1.165, 1.54) is 17.7 Å². The number of hydrogen-bond acceptors (Lipinski definition) is 5. The molecule has 6 heteroatoms. The third kappa shape index (κ3) is 1.49. The molecular weight excluding hydrogens is 236 g/mol. The molecule has 0 aliphatic carbocycles. The van der Waals surface area contributed by atoms with Crippen LogP contribution < -0.4 is 5.56 Å². The quantitative estimate of drug-likeness (QED) is 0.728. The second kappa shape index (κ2) is 4.04. The van der Waals surface area contributed by atoms with Gasteiger partial charge in [0, 0.05) is 0 Å². The Morgan fingerprint density at radius 2 is 2.28 bits per heavy atom. The van der Waals surface area contributed by atoms with Gasteiger partial charge in [0.05, 0.1) is 19.3 Å². The number of aryl methyl sites for hydroxylation is 1. The summed E-state index contributed by atoms with van der Waals surface area (Å²) in [5.41, 5.74) is 0.211. The SMILES string of the molecule is COC(=O)C1=C(O)c2cc(C)c(C#N)c(=O)n2C1. The number of carbonyl (C=O) groups excluding carboxylic acids is 1. The summed E-state index contributed by atoms with van der Waals surface area (Å²) in [4.78, 5) is 23.4. The highest BCUT2D eigenvalue weighted by Crippen LogP contribution is 2.25. The largest absolute Gasteiger partial charge is 0.505 e. The van der Waals surface area contributed by atoms with Gasteiger partial charge in [0.2, 0.25) is 0 Å². The molecule has 0 unspecified atom stereocenters. The Hall–Kier alpha value is -2.55. The van der Waals surface area contributed by atoms with E-state index in [0.717, 1.165) is 0 Å². The van der Waals surface area contributed by atoms with Crippen LogP contribution in [0.5, 0.6) is 0 Å². The number of aliphatic hydroxyl groups is 1. The van der Waals surface area contributed by atoms with Crippen LogP contribution in [-0.2, 0) is 16.1 Å². The van der Waals surface area contributed by atoms with Crippen LogP contribution in [0, 0.1) is 18.3 Å². The Morgan fingerprint density at radius 1 is 1.61 bits per heavy atom. The van der Waals surface area contributed by atoms with E-state index in [2.05, 4.69) is 4.74 Å². The van der Waals surface area contributed by atoms with Crippen LogP contribution in [-0.4, -0.2) is 22.8 Å². The van der Waals surface area contributed by atoms with Crippen molar-refractivity contribution < 1.29 is 14.6 Å². The molecule has 0 aromatic carbocycles. The molecule has 0 bridgehead atoms. The Balaban J connectivity index is 2.67. The average molecular weight is 246 g/mol. The Kier molecular flexibility index (Phi) is 2.67. The predicted molar refractivity (Wildman–Crippen MR) is 61.7 cm³/mol. The summed E-state index contributed by atoms with van der Waals surface area (Å²) in [5, 5.41) is 18.8. The lowest BCUT2D eigenvalue weighted by Gasteiger charge is -2.05. The smallest absolute Gasteiger partial charge is 0.339 e. The van der Waals surface area contributed by atoms with Gasteiger partial charge in [-0.15, -0.1) is 0 Å². The molecule has 1 N–H and O–H groups in total. The number of aromatic nitrogens is 1. The van der Waals surface area contributed by atoms with Crippen molar-refractivity contribution in [1.29, 1.82) is 5.26 Å². The van der Waals surface area contributed by atoms with Gasteiger partial charge in [0.1, 0.15) is 17.2 Å². The summed E-state index contributed by atoms with van der Waals surface area (Å²) >= 11 is 0. The summed E-state index contributed by atoms with van der Waals surface area (Å²) in [6.07, 6.45) is 0. The van der Waals surface area contributed by atoms with Crippen molar-refractivity contribution in [1.82, 2.24) is 4.57 Å². The minimum Gasteiger partial charge on any atom is -0.505 e. The molecule has 1 aliphatic rings. The number of hydrogen-bond donors (Lipinski definition) is 1. The van der Waals surface area contributed by atoms with Gasteiger partial charge < -0.3 is 9.84 Å². The summed E-state index contributed by atoms with van der Waals surface area (Å²) in [5.74, 6) is -0.960. The fraction of sp³-hybridized carbons (Fsp3) is 0.250. The van der Waals surface area contributed by atoms with Gasteiger partial charge in [-0.05, 0) is 18.6 Å². The van der Waals surface area contributed by atoms with Gasteiger partial charge >= 0.3 is 5.97 Å². The average Bonchev–Trinajstić information content (AvgIpc) is 2.67. The first-order chi connectivity index (χ1) is 8.51. The zero-order valence-corrected chi connectivity index (χ0v) is 9.85. The number of nitrogens with zero attached hydrogens (tertiary/aromatic N) is 2. The molecular formula is C12H10N2O4. The molecule has 0 atom stereocenters. The highest BCUT2D eigenvalue weighted by molar-refractivity contribution is 5.96. The molecule has 0 spiro atoms. The molecule has 0 saturated heterocycles. The zero-order valence-electron chi connectivity index (χ0n) is 9.85. The summed E-state index contributed by atoms with van der Waals surface area (Å²) in [6.45, 7) is 1.52. The molecule has 6 nitrogen and oxygen atoms in total. The van der Waals surface area contributed by atoms with Crippen LogP contribution in [0.1, 0.15) is 16.8 Å². The number of nitriles is 1. The predicted octanol–water partition coefficient (Wildman–Crippen LogP) is 0.484. The molecule has 0 amide bonds. The van der Waals surface area contributed by atoms with Crippen molar-refractivity contribution in [2.45, 2.75) is 13.5 Å². The number of ether oxygens (including phenoxy) is 1. The van der Waals surface area contributed by atoms with Crippen LogP contribution in [0.3, 0.4) is 0 Å². The van der Waals surface area contributed by atoms with E-state index in [4.69, 9.17) is 5.26 Å². The lowest BCUT2D eigenvalue weighted by atomic mass is 10.1. The first-order valence-corrected chi connectivity index (χ1v) is 5.16. The van der Waals surface area contributed by atoms with E-state index in [0.29, 0.717) is 5.56 Å². The highest BCUT2D eigenvalue weighted by atomic mass is 16.5. The maximum atomic E-state index is 12.0. The van der Waals surface area contributed by atoms with Crippen molar-refractivity contribution >= 4 is 11.7 Å². The van der Waals surface area contributed by atoms with E-state index in [1.807, 2.05) is 6.07 Å². The Morgan fingerprint density at radius 3 is 2.83 bits per heavy atom. The van der Waals surface area contributed by atoms with E-state index in [1.54, 1.807) is 6.92 Å². The zero-order chi connectivity index (χ0) is 13.4. The molecule has 18 heavy (non-hydrogen) atoms. The fourth-order valence-corrected chi connectivity index (χ4v) is 1.93. The van der Waals surface area contributed by atoms with E-state index in [-0.39, 0.29) is 29.1 Å². The van der Waals surface area contributed by atoms with E-state index in [9.17, 15) is 14.7 Å². The molecule has 2 heterocycles. The molecule has 0 saturated carbocycles. The fourth-order valence-electron chi connectivity index (χ4n) is 1.93. The van der Waals surface area contributed by atoms with Gasteiger partial charge in [-0.1, -0.05) is 0 Å². The Labute approximate surface area is 102 Å². The molecule has 2 rings (SSSR count). The van der Waals surface area contributed by atoms with Crippen molar-refractivity contribution in [3.05, 3.63) is 38.8 Å². The second-order valence-corrected chi connectivity index (χ2v) is 3.91. The number of rotatable bonds is 1. The number of aliphatic hydroxyl groups excluding tert-OH is 1. The van der Waals surface area contributed by atoms with Crippen LogP contribution in [0.15, 0.2) is 16.4 Å². The molecule has 1 aromatic heterocycles. The van der Waals surface area contributed by atoms with Crippen molar-refractivity contribution in [2.24, 2.45) is 0 Å². The summed E-state index contributed by atoms with van der Waals surface area (Å²) in [7, 11) is 1.19. The standard InChI is InChI=1S/C12H10N2O4/c1-6-3-9-10(15)8(12(17)18-2)5-14(9)11(16)7(6)4-13/h3,15H,5H2,1-2H3. The third-order valence-electron chi connectivity index (χ3n) is 2.89. The van der Waals surface area contributed by atoms with Crippen LogP contribution in [0.25, 0.3) is 5.76 Å². The minimum atomic E-state index is -0.688.